The van der Waals surface area contributed by atoms with Crippen LogP contribution in [0.4, 0.5) is 13.2 Å². The standard InChI is InChI=1S/C9H14ClF3O2/c1-8(3-2-4-9(11,12)13)14-6-7(5-10)15-8/h7H,2-6H2,1H3. The van der Waals surface area contributed by atoms with E-state index in [1.165, 1.54) is 0 Å². The van der Waals surface area contributed by atoms with Crippen LogP contribution in [0.1, 0.15) is 26.2 Å². The third-order valence-electron chi connectivity index (χ3n) is 2.25. The fraction of sp³-hybridized carbons (Fsp3) is 1.00. The van der Waals surface area contributed by atoms with E-state index in [0.29, 0.717) is 12.5 Å². The molecule has 0 N–H and O–H groups in total. The summed E-state index contributed by atoms with van der Waals surface area (Å²) in [6.07, 6.45) is -4.88. The van der Waals surface area contributed by atoms with E-state index in [9.17, 15) is 13.2 Å². The molecule has 0 aromatic carbocycles. The largest absolute Gasteiger partial charge is 0.389 e. The molecule has 0 aromatic heterocycles. The van der Waals surface area contributed by atoms with Crippen LogP contribution in [-0.2, 0) is 9.47 Å². The van der Waals surface area contributed by atoms with Crippen molar-refractivity contribution in [2.24, 2.45) is 0 Å². The van der Waals surface area contributed by atoms with Crippen molar-refractivity contribution in [1.82, 2.24) is 0 Å². The van der Waals surface area contributed by atoms with Gasteiger partial charge < -0.3 is 9.47 Å². The number of ether oxygens (including phenoxy) is 2. The van der Waals surface area contributed by atoms with Gasteiger partial charge in [0.15, 0.2) is 5.79 Å². The van der Waals surface area contributed by atoms with Crippen LogP contribution in [-0.4, -0.2) is 30.6 Å². The lowest BCUT2D eigenvalue weighted by molar-refractivity contribution is -0.168. The highest BCUT2D eigenvalue weighted by Crippen LogP contribution is 2.31. The molecular formula is C9H14ClF3O2. The van der Waals surface area contributed by atoms with Crippen LogP contribution in [0.5, 0.6) is 0 Å². The van der Waals surface area contributed by atoms with Gasteiger partial charge in [-0.15, -0.1) is 11.6 Å². The molecule has 15 heavy (non-hydrogen) atoms. The number of hydrogen-bond acceptors (Lipinski definition) is 2. The van der Waals surface area contributed by atoms with Crippen LogP contribution in [0.2, 0.25) is 0 Å². The molecule has 0 amide bonds. The number of hydrogen-bond donors (Lipinski definition) is 0. The predicted octanol–water partition coefficient (Wildman–Crippen LogP) is 3.09. The van der Waals surface area contributed by atoms with Gasteiger partial charge in [0.1, 0.15) is 0 Å². The average Bonchev–Trinajstić information content (AvgIpc) is 2.45. The average molecular weight is 247 g/mol. The molecule has 1 aliphatic heterocycles. The van der Waals surface area contributed by atoms with E-state index < -0.39 is 18.4 Å². The lowest BCUT2D eigenvalue weighted by Gasteiger charge is -2.23. The van der Waals surface area contributed by atoms with Crippen molar-refractivity contribution in [1.29, 1.82) is 0 Å². The Labute approximate surface area is 91.7 Å². The van der Waals surface area contributed by atoms with E-state index in [1.54, 1.807) is 6.92 Å². The van der Waals surface area contributed by atoms with Crippen molar-refractivity contribution in [2.75, 3.05) is 12.5 Å². The maximum atomic E-state index is 11.9. The Balaban J connectivity index is 2.26. The molecule has 1 aliphatic rings. The van der Waals surface area contributed by atoms with Crippen LogP contribution in [0.25, 0.3) is 0 Å². The highest BCUT2D eigenvalue weighted by molar-refractivity contribution is 6.18. The molecule has 0 aromatic rings. The highest BCUT2D eigenvalue weighted by Gasteiger charge is 2.37. The summed E-state index contributed by atoms with van der Waals surface area (Å²) in [6, 6.07) is 0. The van der Waals surface area contributed by atoms with Gasteiger partial charge in [-0.25, -0.2) is 0 Å². The number of alkyl halides is 4. The Morgan fingerprint density at radius 2 is 2.13 bits per heavy atom. The fourth-order valence-electron chi connectivity index (χ4n) is 1.51. The van der Waals surface area contributed by atoms with Crippen LogP contribution < -0.4 is 0 Å². The molecule has 2 unspecified atom stereocenters. The Bertz CT molecular complexity index is 210. The van der Waals surface area contributed by atoms with Crippen LogP contribution in [0, 0.1) is 0 Å². The van der Waals surface area contributed by atoms with Crippen molar-refractivity contribution in [3.05, 3.63) is 0 Å². The normalized spacial score (nSPS) is 32.2. The summed E-state index contributed by atoms with van der Waals surface area (Å²) in [7, 11) is 0. The minimum Gasteiger partial charge on any atom is -0.347 e. The molecule has 0 radical (unpaired) electrons. The van der Waals surface area contributed by atoms with Gasteiger partial charge in [0.25, 0.3) is 0 Å². The maximum absolute atomic E-state index is 11.9. The SMILES string of the molecule is CC1(CCCC(F)(F)F)OCC(CCl)O1. The molecule has 0 spiro atoms. The Morgan fingerprint density at radius 3 is 2.60 bits per heavy atom. The second kappa shape index (κ2) is 4.89. The zero-order valence-electron chi connectivity index (χ0n) is 8.44. The molecule has 0 saturated carbocycles. The lowest BCUT2D eigenvalue weighted by Crippen LogP contribution is -2.27. The summed E-state index contributed by atoms with van der Waals surface area (Å²) in [5, 5.41) is 0. The van der Waals surface area contributed by atoms with Gasteiger partial charge in [-0.1, -0.05) is 0 Å². The molecule has 1 fully saturated rings. The third-order valence-corrected chi connectivity index (χ3v) is 2.60. The predicted molar refractivity (Wildman–Crippen MR) is 49.9 cm³/mol. The van der Waals surface area contributed by atoms with Crippen molar-refractivity contribution in [3.8, 4) is 0 Å². The second-order valence-corrected chi connectivity index (χ2v) is 4.12. The van der Waals surface area contributed by atoms with E-state index in [-0.39, 0.29) is 18.9 Å². The van der Waals surface area contributed by atoms with E-state index in [2.05, 4.69) is 0 Å². The lowest BCUT2D eigenvalue weighted by atomic mass is 10.1. The number of rotatable bonds is 4. The van der Waals surface area contributed by atoms with Gasteiger partial charge in [0, 0.05) is 12.8 Å². The molecule has 2 nitrogen and oxygen atoms in total. The van der Waals surface area contributed by atoms with Crippen molar-refractivity contribution in [2.45, 2.75) is 44.3 Å². The van der Waals surface area contributed by atoms with Gasteiger partial charge in [-0.2, -0.15) is 13.2 Å². The summed E-state index contributed by atoms with van der Waals surface area (Å²) in [6.45, 7) is 2.00. The summed E-state index contributed by atoms with van der Waals surface area (Å²) < 4.78 is 46.4. The van der Waals surface area contributed by atoms with Crippen molar-refractivity contribution in [3.63, 3.8) is 0 Å². The summed E-state index contributed by atoms with van der Waals surface area (Å²) in [4.78, 5) is 0. The molecule has 1 heterocycles. The van der Waals surface area contributed by atoms with Crippen LogP contribution >= 0.6 is 11.6 Å². The summed E-state index contributed by atoms with van der Waals surface area (Å²) in [5.74, 6) is -0.598. The summed E-state index contributed by atoms with van der Waals surface area (Å²) in [5.41, 5.74) is 0. The van der Waals surface area contributed by atoms with Gasteiger partial charge in [-0.3, -0.25) is 0 Å². The van der Waals surface area contributed by atoms with Gasteiger partial charge >= 0.3 is 6.18 Å². The van der Waals surface area contributed by atoms with Gasteiger partial charge in [-0.05, 0) is 13.3 Å². The minimum absolute atomic E-state index is 0.00893. The first kappa shape index (κ1) is 13.1. The van der Waals surface area contributed by atoms with Gasteiger partial charge in [0.05, 0.1) is 18.6 Å². The Morgan fingerprint density at radius 1 is 1.47 bits per heavy atom. The van der Waals surface area contributed by atoms with Crippen molar-refractivity contribution >= 4 is 11.6 Å². The zero-order valence-corrected chi connectivity index (χ0v) is 9.20. The fourth-order valence-corrected chi connectivity index (χ4v) is 1.66. The first-order valence-electron chi connectivity index (χ1n) is 4.79. The zero-order chi connectivity index (χ0) is 11.5. The van der Waals surface area contributed by atoms with Crippen LogP contribution in [0.15, 0.2) is 0 Å². The van der Waals surface area contributed by atoms with E-state index in [4.69, 9.17) is 21.1 Å². The minimum atomic E-state index is -4.11. The second-order valence-electron chi connectivity index (χ2n) is 3.81. The third kappa shape index (κ3) is 4.57. The van der Waals surface area contributed by atoms with E-state index in [1.807, 2.05) is 0 Å². The quantitative estimate of drug-likeness (QED) is 0.710. The molecule has 1 saturated heterocycles. The monoisotopic (exact) mass is 246 g/mol. The molecule has 2 atom stereocenters. The Hall–Kier alpha value is -0.0000000000000000208. The highest BCUT2D eigenvalue weighted by atomic mass is 35.5. The first-order chi connectivity index (χ1) is 6.85. The Kier molecular flexibility index (Phi) is 4.26. The van der Waals surface area contributed by atoms with E-state index >= 15 is 0 Å². The van der Waals surface area contributed by atoms with Crippen molar-refractivity contribution < 1.29 is 22.6 Å². The maximum Gasteiger partial charge on any atom is 0.389 e. The van der Waals surface area contributed by atoms with E-state index in [0.717, 1.165) is 0 Å². The molecule has 6 heteroatoms. The first-order valence-corrected chi connectivity index (χ1v) is 5.32. The molecule has 0 bridgehead atoms. The molecule has 90 valence electrons. The number of halogens is 4. The van der Waals surface area contributed by atoms with Crippen LogP contribution in [0.3, 0.4) is 0 Å². The van der Waals surface area contributed by atoms with Gasteiger partial charge in [0.2, 0.25) is 0 Å². The molecule has 0 aliphatic carbocycles. The molecule has 1 rings (SSSR count). The molecular weight excluding hydrogens is 233 g/mol. The summed E-state index contributed by atoms with van der Waals surface area (Å²) >= 11 is 5.56. The topological polar surface area (TPSA) is 18.5 Å². The smallest absolute Gasteiger partial charge is 0.347 e.